The molecule has 1 aromatic rings. The molecule has 1 aliphatic heterocycles. The molecule has 2 N–H and O–H groups in total. The highest BCUT2D eigenvalue weighted by molar-refractivity contribution is 5.91. The number of hydrogen-bond acceptors (Lipinski definition) is 3. The van der Waals surface area contributed by atoms with E-state index < -0.39 is 0 Å². The molecule has 1 aliphatic rings. The van der Waals surface area contributed by atoms with Crippen molar-refractivity contribution in [2.24, 2.45) is 0 Å². The number of rotatable bonds is 2. The van der Waals surface area contributed by atoms with Crippen molar-refractivity contribution < 1.29 is 9.21 Å². The van der Waals surface area contributed by atoms with E-state index in [2.05, 4.69) is 10.6 Å². The van der Waals surface area contributed by atoms with E-state index in [4.69, 9.17) is 4.42 Å². The Balaban J connectivity index is 2.15. The molecule has 0 unspecified atom stereocenters. The zero-order valence-corrected chi connectivity index (χ0v) is 9.09. The van der Waals surface area contributed by atoms with Gasteiger partial charge in [-0.2, -0.15) is 0 Å². The van der Waals surface area contributed by atoms with Gasteiger partial charge in [0.15, 0.2) is 5.76 Å². The Morgan fingerprint density at radius 1 is 1.60 bits per heavy atom. The van der Waals surface area contributed by atoms with Crippen molar-refractivity contribution in [1.29, 1.82) is 0 Å². The molecule has 2 heterocycles. The fourth-order valence-corrected chi connectivity index (χ4v) is 1.70. The van der Waals surface area contributed by atoms with Gasteiger partial charge in [0.1, 0.15) is 5.76 Å². The third-order valence-electron chi connectivity index (χ3n) is 2.38. The minimum absolute atomic E-state index is 0.126. The fourth-order valence-electron chi connectivity index (χ4n) is 1.70. The number of fused-ring (bicyclic) bond motifs is 1. The predicted octanol–water partition coefficient (Wildman–Crippen LogP) is 1.06. The molecule has 15 heavy (non-hydrogen) atoms. The van der Waals surface area contributed by atoms with Gasteiger partial charge in [-0.25, -0.2) is 0 Å². The summed E-state index contributed by atoms with van der Waals surface area (Å²) in [5, 5.41) is 6.06. The SMILES string of the molecule is CC(C)NC(=O)c1cc2c(o1)CCNC2. The highest BCUT2D eigenvalue weighted by atomic mass is 16.4. The monoisotopic (exact) mass is 208 g/mol. The number of amides is 1. The van der Waals surface area contributed by atoms with Crippen molar-refractivity contribution in [3.05, 3.63) is 23.2 Å². The van der Waals surface area contributed by atoms with Crippen LogP contribution in [0.25, 0.3) is 0 Å². The number of hydrogen-bond donors (Lipinski definition) is 2. The van der Waals surface area contributed by atoms with Gasteiger partial charge < -0.3 is 15.1 Å². The molecule has 2 rings (SSSR count). The lowest BCUT2D eigenvalue weighted by atomic mass is 10.1. The smallest absolute Gasteiger partial charge is 0.287 e. The highest BCUT2D eigenvalue weighted by Gasteiger charge is 2.18. The molecule has 82 valence electrons. The maximum atomic E-state index is 11.6. The summed E-state index contributed by atoms with van der Waals surface area (Å²) in [5.41, 5.74) is 1.11. The zero-order valence-electron chi connectivity index (χ0n) is 9.09. The summed E-state index contributed by atoms with van der Waals surface area (Å²) < 4.78 is 5.52. The second-order valence-electron chi connectivity index (χ2n) is 4.11. The van der Waals surface area contributed by atoms with E-state index in [9.17, 15) is 4.79 Å². The second kappa shape index (κ2) is 4.06. The number of nitrogens with one attached hydrogen (secondary N) is 2. The topological polar surface area (TPSA) is 54.3 Å². The number of carbonyl (C=O) groups is 1. The van der Waals surface area contributed by atoms with Crippen LogP contribution in [0.15, 0.2) is 10.5 Å². The molecule has 1 amide bonds. The molecule has 4 nitrogen and oxygen atoms in total. The van der Waals surface area contributed by atoms with Gasteiger partial charge in [0.2, 0.25) is 0 Å². The Bertz CT molecular complexity index is 345. The normalized spacial score (nSPS) is 15.1. The van der Waals surface area contributed by atoms with E-state index in [1.54, 1.807) is 0 Å². The maximum absolute atomic E-state index is 11.6. The largest absolute Gasteiger partial charge is 0.456 e. The molecule has 0 atom stereocenters. The van der Waals surface area contributed by atoms with Gasteiger partial charge >= 0.3 is 0 Å². The van der Waals surface area contributed by atoms with Gasteiger partial charge in [0.05, 0.1) is 0 Å². The van der Waals surface area contributed by atoms with Crippen molar-refractivity contribution in [1.82, 2.24) is 10.6 Å². The van der Waals surface area contributed by atoms with Crippen molar-refractivity contribution in [3.8, 4) is 0 Å². The molecule has 0 spiro atoms. The summed E-state index contributed by atoms with van der Waals surface area (Å²) in [4.78, 5) is 11.6. The van der Waals surface area contributed by atoms with Crippen LogP contribution in [0.5, 0.6) is 0 Å². The minimum Gasteiger partial charge on any atom is -0.456 e. The Labute approximate surface area is 89.0 Å². The van der Waals surface area contributed by atoms with E-state index >= 15 is 0 Å². The van der Waals surface area contributed by atoms with Gasteiger partial charge in [-0.3, -0.25) is 4.79 Å². The molecule has 0 fully saturated rings. The van der Waals surface area contributed by atoms with E-state index in [0.717, 1.165) is 30.8 Å². The first-order chi connectivity index (χ1) is 7.16. The summed E-state index contributed by atoms with van der Waals surface area (Å²) in [6.07, 6.45) is 0.865. The fraction of sp³-hybridized carbons (Fsp3) is 0.545. The van der Waals surface area contributed by atoms with Crippen molar-refractivity contribution >= 4 is 5.91 Å². The average Bonchev–Trinajstić information content (AvgIpc) is 2.59. The van der Waals surface area contributed by atoms with Gasteiger partial charge in [-0.1, -0.05) is 0 Å². The lowest BCUT2D eigenvalue weighted by Gasteiger charge is -2.09. The Morgan fingerprint density at radius 3 is 3.07 bits per heavy atom. The summed E-state index contributed by atoms with van der Waals surface area (Å²) in [6, 6.07) is 1.97. The molecule has 0 radical (unpaired) electrons. The highest BCUT2D eigenvalue weighted by Crippen LogP contribution is 2.18. The van der Waals surface area contributed by atoms with E-state index in [1.165, 1.54) is 0 Å². The molecular formula is C11H16N2O2. The number of furan rings is 1. The summed E-state index contributed by atoms with van der Waals surface area (Å²) in [6.45, 7) is 5.59. The van der Waals surface area contributed by atoms with Crippen molar-refractivity contribution in [2.45, 2.75) is 32.9 Å². The summed E-state index contributed by atoms with van der Waals surface area (Å²) >= 11 is 0. The zero-order chi connectivity index (χ0) is 10.8. The van der Waals surface area contributed by atoms with E-state index in [0.29, 0.717) is 5.76 Å². The second-order valence-corrected chi connectivity index (χ2v) is 4.11. The molecule has 0 saturated carbocycles. The van der Waals surface area contributed by atoms with Gasteiger partial charge in [0.25, 0.3) is 5.91 Å². The van der Waals surface area contributed by atoms with Gasteiger partial charge in [-0.05, 0) is 19.9 Å². The molecule has 1 aromatic heterocycles. The van der Waals surface area contributed by atoms with Crippen LogP contribution in [0.4, 0.5) is 0 Å². The Hall–Kier alpha value is -1.29. The van der Waals surface area contributed by atoms with Crippen LogP contribution >= 0.6 is 0 Å². The van der Waals surface area contributed by atoms with Crippen LogP contribution in [-0.4, -0.2) is 18.5 Å². The Morgan fingerprint density at radius 2 is 2.40 bits per heavy atom. The van der Waals surface area contributed by atoms with Crippen LogP contribution in [0.1, 0.15) is 35.7 Å². The van der Waals surface area contributed by atoms with Crippen molar-refractivity contribution in [2.75, 3.05) is 6.54 Å². The first kappa shape index (κ1) is 10.2. The van der Waals surface area contributed by atoms with E-state index in [-0.39, 0.29) is 11.9 Å². The van der Waals surface area contributed by atoms with Crippen LogP contribution in [0.2, 0.25) is 0 Å². The Kier molecular flexibility index (Phi) is 2.77. The maximum Gasteiger partial charge on any atom is 0.287 e. The van der Waals surface area contributed by atoms with Crippen LogP contribution in [0, 0.1) is 0 Å². The first-order valence-corrected chi connectivity index (χ1v) is 5.30. The average molecular weight is 208 g/mol. The standard InChI is InChI=1S/C11H16N2O2/c1-7(2)13-11(14)10-5-8-6-12-4-3-9(8)15-10/h5,7,12H,3-4,6H2,1-2H3,(H,13,14). The third-order valence-corrected chi connectivity index (χ3v) is 2.38. The van der Waals surface area contributed by atoms with Crippen LogP contribution in [0.3, 0.4) is 0 Å². The van der Waals surface area contributed by atoms with E-state index in [1.807, 2.05) is 19.9 Å². The van der Waals surface area contributed by atoms with Gasteiger partial charge in [0, 0.05) is 31.1 Å². The summed E-state index contributed by atoms with van der Waals surface area (Å²) in [7, 11) is 0. The van der Waals surface area contributed by atoms with Crippen molar-refractivity contribution in [3.63, 3.8) is 0 Å². The molecule has 4 heteroatoms. The minimum atomic E-state index is -0.126. The lowest BCUT2D eigenvalue weighted by molar-refractivity contribution is 0.0913. The first-order valence-electron chi connectivity index (χ1n) is 5.30. The molecule has 0 bridgehead atoms. The lowest BCUT2D eigenvalue weighted by Crippen LogP contribution is -2.29. The van der Waals surface area contributed by atoms with Crippen LogP contribution < -0.4 is 10.6 Å². The predicted molar refractivity (Wildman–Crippen MR) is 56.7 cm³/mol. The molecule has 0 aromatic carbocycles. The molecule has 0 aliphatic carbocycles. The third kappa shape index (κ3) is 2.21. The van der Waals surface area contributed by atoms with Crippen LogP contribution in [-0.2, 0) is 13.0 Å². The summed E-state index contributed by atoms with van der Waals surface area (Å²) in [5.74, 6) is 1.25. The molecular weight excluding hydrogens is 192 g/mol. The quantitative estimate of drug-likeness (QED) is 0.764. The van der Waals surface area contributed by atoms with Gasteiger partial charge in [-0.15, -0.1) is 0 Å². The molecule has 0 saturated heterocycles. The number of carbonyl (C=O) groups excluding carboxylic acids is 1.